The van der Waals surface area contributed by atoms with Gasteiger partial charge in [0.05, 0.1) is 6.10 Å². The Labute approximate surface area is 224 Å². The van der Waals surface area contributed by atoms with Crippen molar-refractivity contribution < 1.29 is 32.2 Å². The molecule has 8 heteroatoms. The molecule has 214 valence electrons. The molecule has 0 radical (unpaired) electrons. The summed E-state index contributed by atoms with van der Waals surface area (Å²) in [7, 11) is 0. The molecule has 2 nitrogen and oxygen atoms in total. The van der Waals surface area contributed by atoms with E-state index in [4.69, 9.17) is 0 Å². The van der Waals surface area contributed by atoms with Crippen LogP contribution in [-0.4, -0.2) is 34.2 Å². The van der Waals surface area contributed by atoms with E-state index >= 15 is 0 Å². The third-order valence-electron chi connectivity index (χ3n) is 8.78. The van der Waals surface area contributed by atoms with Crippen LogP contribution >= 0.6 is 12.6 Å². The van der Waals surface area contributed by atoms with Gasteiger partial charge in [0.15, 0.2) is 0 Å². The molecule has 1 aromatic rings. The summed E-state index contributed by atoms with van der Waals surface area (Å²) in [4.78, 5) is 0. The van der Waals surface area contributed by atoms with E-state index in [1.165, 1.54) is 36.8 Å². The zero-order valence-corrected chi connectivity index (χ0v) is 23.7. The number of alkyl halides is 5. The zero-order chi connectivity index (χ0) is 28.2. The zero-order valence-electron chi connectivity index (χ0n) is 22.8. The number of halogens is 5. The lowest BCUT2D eigenvalue weighted by Crippen LogP contribution is -2.43. The van der Waals surface area contributed by atoms with Crippen molar-refractivity contribution in [1.82, 2.24) is 0 Å². The maximum absolute atomic E-state index is 12.0. The second-order valence-corrected chi connectivity index (χ2v) is 12.8. The van der Waals surface area contributed by atoms with Crippen LogP contribution in [0, 0.1) is 22.7 Å². The second-order valence-electron chi connectivity index (χ2n) is 12.4. The number of aromatic hydroxyl groups is 1. The van der Waals surface area contributed by atoms with E-state index < -0.39 is 18.5 Å². The van der Waals surface area contributed by atoms with Crippen molar-refractivity contribution >= 4 is 12.6 Å². The number of aliphatic hydroxyl groups excluding tert-OH is 1. The lowest BCUT2D eigenvalue weighted by molar-refractivity contribution is -0.284. The quantitative estimate of drug-likeness (QED) is 0.259. The van der Waals surface area contributed by atoms with Crippen LogP contribution in [0.25, 0.3) is 0 Å². The molecule has 2 fully saturated rings. The topological polar surface area (TPSA) is 40.5 Å². The largest absolute Gasteiger partial charge is 0.508 e. The summed E-state index contributed by atoms with van der Waals surface area (Å²) in [5.74, 6) is -2.04. The average molecular weight is 553 g/mol. The van der Waals surface area contributed by atoms with Gasteiger partial charge in [0.2, 0.25) is 0 Å². The van der Waals surface area contributed by atoms with Gasteiger partial charge in [0.1, 0.15) is 5.75 Å². The monoisotopic (exact) mass is 552 g/mol. The molecule has 0 spiro atoms. The molecule has 4 rings (SSSR count). The Bertz CT molecular complexity index is 867. The van der Waals surface area contributed by atoms with E-state index in [0.717, 1.165) is 25.2 Å². The number of rotatable bonds is 3. The lowest BCUT2D eigenvalue weighted by atomic mass is 9.55. The van der Waals surface area contributed by atoms with Gasteiger partial charge in [-0.2, -0.15) is 34.6 Å². The molecule has 1 aromatic carbocycles. The number of fused-ring (bicyclic) bond motifs is 5. The molecule has 0 bridgehead atoms. The third-order valence-corrected chi connectivity index (χ3v) is 9.10. The van der Waals surface area contributed by atoms with Crippen molar-refractivity contribution in [3.63, 3.8) is 0 Å². The fourth-order valence-corrected chi connectivity index (χ4v) is 6.14. The van der Waals surface area contributed by atoms with Gasteiger partial charge >= 0.3 is 12.1 Å². The van der Waals surface area contributed by atoms with Crippen molar-refractivity contribution in [2.24, 2.45) is 22.7 Å². The van der Waals surface area contributed by atoms with E-state index in [1.807, 2.05) is 12.1 Å². The number of aryl methyl sites for hydroxylation is 1. The number of phenolic OH excluding ortho intramolecular Hbond substituents is 1. The Hall–Kier alpha value is -1.02. The molecular formula is C29H45F5O2S. The minimum absolute atomic E-state index is 0.0334. The van der Waals surface area contributed by atoms with Crippen LogP contribution in [0.5, 0.6) is 5.75 Å². The SMILES string of the molecule is CC12CCC3c4ccc(O)cc4CCC3C1CCC2O.CCC(C)(C)C.FC(F)(F)C(F)(F)CCCS. The van der Waals surface area contributed by atoms with Crippen LogP contribution in [0.3, 0.4) is 0 Å². The molecule has 5 unspecified atom stereocenters. The highest BCUT2D eigenvalue weighted by Crippen LogP contribution is 2.60. The number of hydrogen-bond acceptors (Lipinski definition) is 3. The van der Waals surface area contributed by atoms with Gasteiger partial charge in [-0.25, -0.2) is 0 Å². The first kappa shape index (κ1) is 32.2. The fraction of sp³-hybridized carbons (Fsp3) is 0.793. The van der Waals surface area contributed by atoms with Crippen LogP contribution in [0.4, 0.5) is 22.0 Å². The number of aliphatic hydroxyl groups is 1. The van der Waals surface area contributed by atoms with Gasteiger partial charge < -0.3 is 10.2 Å². The standard InChI is InChI=1S/C18H24O2.C6H14.C5H7F5S/c1-18-9-8-14-13-5-3-12(19)10-11(13)2-4-15(14)16(18)6-7-17(18)20;1-5-6(2,3)4;6-4(7,2-1-3-11)5(8,9)10/h3,5,10,14-17,19-20H,2,4,6-9H2,1H3;5H2,1-4H3;11H,1-3H2. The predicted molar refractivity (Wildman–Crippen MR) is 143 cm³/mol. The minimum atomic E-state index is -5.42. The first-order valence-corrected chi connectivity index (χ1v) is 14.2. The van der Waals surface area contributed by atoms with Crippen molar-refractivity contribution in [3.8, 4) is 5.75 Å². The van der Waals surface area contributed by atoms with Crippen LogP contribution in [-0.2, 0) is 6.42 Å². The van der Waals surface area contributed by atoms with Crippen molar-refractivity contribution in [2.45, 2.75) is 117 Å². The summed E-state index contributed by atoms with van der Waals surface area (Å²) in [5.41, 5.74) is 3.53. The van der Waals surface area contributed by atoms with Gasteiger partial charge in [-0.1, -0.05) is 47.1 Å². The van der Waals surface area contributed by atoms with Crippen molar-refractivity contribution in [1.29, 1.82) is 0 Å². The van der Waals surface area contributed by atoms with Gasteiger partial charge in [0, 0.05) is 6.42 Å². The van der Waals surface area contributed by atoms with E-state index in [2.05, 4.69) is 53.3 Å². The minimum Gasteiger partial charge on any atom is -0.508 e. The normalized spacial score (nSPS) is 29.1. The summed E-state index contributed by atoms with van der Waals surface area (Å²) >= 11 is 3.53. The maximum Gasteiger partial charge on any atom is 0.453 e. The smallest absolute Gasteiger partial charge is 0.453 e. The molecule has 3 aliphatic carbocycles. The van der Waals surface area contributed by atoms with E-state index in [-0.39, 0.29) is 23.7 Å². The van der Waals surface area contributed by atoms with E-state index in [0.29, 0.717) is 23.0 Å². The number of benzene rings is 1. The molecule has 0 aromatic heterocycles. The van der Waals surface area contributed by atoms with Crippen LogP contribution in [0.2, 0.25) is 0 Å². The molecule has 0 aliphatic heterocycles. The number of phenols is 1. The highest BCUT2D eigenvalue weighted by atomic mass is 32.1. The summed E-state index contributed by atoms with van der Waals surface area (Å²) in [6, 6.07) is 5.96. The Kier molecular flexibility index (Phi) is 10.8. The summed E-state index contributed by atoms with van der Waals surface area (Å²) in [6.07, 6.45) is 1.21. The fourth-order valence-electron chi connectivity index (χ4n) is 5.98. The summed E-state index contributed by atoms with van der Waals surface area (Å²) in [6.45, 7) is 11.3. The molecule has 2 N–H and O–H groups in total. The van der Waals surface area contributed by atoms with Crippen LogP contribution < -0.4 is 0 Å². The molecule has 5 atom stereocenters. The van der Waals surface area contributed by atoms with Crippen LogP contribution in [0.1, 0.15) is 103 Å². The maximum atomic E-state index is 12.0. The molecule has 0 saturated heterocycles. The van der Waals surface area contributed by atoms with Gasteiger partial charge in [-0.05, 0) is 103 Å². The molecule has 2 saturated carbocycles. The highest BCUT2D eigenvalue weighted by Gasteiger charge is 2.56. The first-order valence-electron chi connectivity index (χ1n) is 13.5. The lowest BCUT2D eigenvalue weighted by Gasteiger charge is -2.50. The Morgan fingerprint density at radius 2 is 1.65 bits per heavy atom. The number of thiol groups is 1. The van der Waals surface area contributed by atoms with Crippen molar-refractivity contribution in [2.75, 3.05) is 5.75 Å². The number of hydrogen-bond donors (Lipinski definition) is 3. The first-order chi connectivity index (χ1) is 17.0. The average Bonchev–Trinajstić information content (AvgIpc) is 3.11. The Morgan fingerprint density at radius 1 is 1.03 bits per heavy atom. The highest BCUT2D eigenvalue weighted by molar-refractivity contribution is 7.80. The molecule has 0 amide bonds. The summed E-state index contributed by atoms with van der Waals surface area (Å²) in [5, 5.41) is 20.0. The van der Waals surface area contributed by atoms with E-state index in [9.17, 15) is 32.2 Å². The predicted octanol–water partition coefficient (Wildman–Crippen LogP) is 8.95. The molecule has 3 aliphatic rings. The second kappa shape index (κ2) is 12.4. The van der Waals surface area contributed by atoms with Gasteiger partial charge in [0.25, 0.3) is 0 Å². The van der Waals surface area contributed by atoms with Gasteiger partial charge in [-0.15, -0.1) is 0 Å². The summed E-state index contributed by atoms with van der Waals surface area (Å²) < 4.78 is 58.1. The van der Waals surface area contributed by atoms with Crippen molar-refractivity contribution in [3.05, 3.63) is 29.3 Å². The third kappa shape index (κ3) is 8.00. The van der Waals surface area contributed by atoms with Crippen LogP contribution in [0.15, 0.2) is 18.2 Å². The Balaban J connectivity index is 0.000000241. The van der Waals surface area contributed by atoms with E-state index in [1.54, 1.807) is 0 Å². The molecular weight excluding hydrogens is 507 g/mol. The molecule has 37 heavy (non-hydrogen) atoms. The van der Waals surface area contributed by atoms with Gasteiger partial charge in [-0.3, -0.25) is 0 Å². The molecule has 0 heterocycles. The Morgan fingerprint density at radius 3 is 2.19 bits per heavy atom.